The van der Waals surface area contributed by atoms with Crippen molar-refractivity contribution >= 4 is 33.2 Å². The zero-order chi connectivity index (χ0) is 14.4. The summed E-state index contributed by atoms with van der Waals surface area (Å²) >= 11 is 9.39. The lowest BCUT2D eigenvalue weighted by Gasteiger charge is -2.28. The summed E-state index contributed by atoms with van der Waals surface area (Å²) in [6, 6.07) is 3.47. The maximum Gasteiger partial charge on any atom is 0.157 e. The molecule has 5 heteroatoms. The van der Waals surface area contributed by atoms with Gasteiger partial charge in [0.2, 0.25) is 0 Å². The summed E-state index contributed by atoms with van der Waals surface area (Å²) in [5.74, 6) is 0.628. The van der Waals surface area contributed by atoms with Crippen LogP contribution in [0.15, 0.2) is 16.6 Å². The van der Waals surface area contributed by atoms with Gasteiger partial charge in [0.05, 0.1) is 15.8 Å². The van der Waals surface area contributed by atoms with Crippen molar-refractivity contribution in [3.05, 3.63) is 21.6 Å². The number of halogens is 2. The quantitative estimate of drug-likeness (QED) is 0.805. The fourth-order valence-corrected chi connectivity index (χ4v) is 3.47. The Bertz CT molecular complexity index is 479. The third-order valence-electron chi connectivity index (χ3n) is 3.29. The summed E-state index contributed by atoms with van der Waals surface area (Å²) in [6.45, 7) is 8.20. The minimum Gasteiger partial charge on any atom is -0.484 e. The van der Waals surface area contributed by atoms with Gasteiger partial charge in [-0.05, 0) is 55.8 Å². The average molecular weight is 349 g/mol. The van der Waals surface area contributed by atoms with Crippen LogP contribution in [0.2, 0.25) is 5.02 Å². The Balaban J connectivity index is 2.27. The van der Waals surface area contributed by atoms with Crippen molar-refractivity contribution in [2.75, 3.05) is 5.73 Å². The predicted molar refractivity (Wildman–Crippen MR) is 81.8 cm³/mol. The lowest BCUT2D eigenvalue weighted by molar-refractivity contribution is -0.0845. The van der Waals surface area contributed by atoms with Crippen molar-refractivity contribution in [3.8, 4) is 5.75 Å². The Labute approximate surface area is 127 Å². The average Bonchev–Trinajstić information content (AvgIpc) is 2.39. The maximum absolute atomic E-state index is 6.09. The number of ether oxygens (including phenoxy) is 2. The van der Waals surface area contributed by atoms with Gasteiger partial charge in [0.15, 0.2) is 5.75 Å². The molecule has 1 unspecified atom stereocenters. The van der Waals surface area contributed by atoms with E-state index in [-0.39, 0.29) is 17.3 Å². The molecule has 0 spiro atoms. The Morgan fingerprint density at radius 2 is 2.00 bits per heavy atom. The summed E-state index contributed by atoms with van der Waals surface area (Å²) in [5, 5.41) is 0.582. The van der Waals surface area contributed by atoms with Crippen molar-refractivity contribution in [1.82, 2.24) is 0 Å². The molecule has 2 N–H and O–H groups in total. The largest absolute Gasteiger partial charge is 0.484 e. The zero-order valence-electron chi connectivity index (χ0n) is 11.6. The fraction of sp³-hybridized carbons (Fsp3) is 0.571. The molecule has 1 aliphatic heterocycles. The van der Waals surface area contributed by atoms with Gasteiger partial charge in [0, 0.05) is 11.4 Å². The first kappa shape index (κ1) is 14.9. The minimum atomic E-state index is -0.352. The molecule has 1 heterocycles. The molecule has 0 radical (unpaired) electrons. The zero-order valence-corrected chi connectivity index (χ0v) is 13.9. The third kappa shape index (κ3) is 3.18. The first-order valence-electron chi connectivity index (χ1n) is 6.22. The van der Waals surface area contributed by atoms with Gasteiger partial charge in [-0.1, -0.05) is 11.6 Å². The molecule has 1 atom stereocenters. The molecule has 1 aromatic rings. The van der Waals surface area contributed by atoms with Crippen LogP contribution in [0.3, 0.4) is 0 Å². The van der Waals surface area contributed by atoms with E-state index in [0.717, 1.165) is 10.9 Å². The SMILES string of the molecule is CC1(C)CC(Oc2c(N)cc(Cl)cc2Br)C(C)(C)O1. The van der Waals surface area contributed by atoms with E-state index >= 15 is 0 Å². The van der Waals surface area contributed by atoms with Crippen molar-refractivity contribution in [1.29, 1.82) is 0 Å². The normalized spacial score (nSPS) is 24.4. The molecule has 0 saturated carbocycles. The predicted octanol–water partition coefficient (Wildman–Crippen LogP) is 4.41. The Morgan fingerprint density at radius 3 is 2.47 bits per heavy atom. The van der Waals surface area contributed by atoms with Crippen LogP contribution in [0.25, 0.3) is 0 Å². The summed E-state index contributed by atoms with van der Waals surface area (Å²) < 4.78 is 12.9. The number of anilines is 1. The van der Waals surface area contributed by atoms with Gasteiger partial charge in [-0.25, -0.2) is 0 Å². The molecule has 1 aromatic carbocycles. The van der Waals surface area contributed by atoms with Gasteiger partial charge < -0.3 is 15.2 Å². The highest BCUT2D eigenvalue weighted by Crippen LogP contribution is 2.43. The van der Waals surface area contributed by atoms with Gasteiger partial charge in [-0.2, -0.15) is 0 Å². The van der Waals surface area contributed by atoms with Crippen LogP contribution in [-0.4, -0.2) is 17.3 Å². The van der Waals surface area contributed by atoms with Crippen LogP contribution >= 0.6 is 27.5 Å². The van der Waals surface area contributed by atoms with Crippen LogP contribution in [0.1, 0.15) is 34.1 Å². The highest BCUT2D eigenvalue weighted by Gasteiger charge is 2.47. The number of benzene rings is 1. The van der Waals surface area contributed by atoms with E-state index in [9.17, 15) is 0 Å². The van der Waals surface area contributed by atoms with Crippen LogP contribution in [-0.2, 0) is 4.74 Å². The van der Waals surface area contributed by atoms with E-state index in [1.807, 2.05) is 13.8 Å². The number of hydrogen-bond donors (Lipinski definition) is 1. The summed E-state index contributed by atoms with van der Waals surface area (Å²) in [5.41, 5.74) is 5.96. The molecule has 0 amide bonds. The van der Waals surface area contributed by atoms with Crippen molar-refractivity contribution in [2.24, 2.45) is 0 Å². The molecule has 1 aliphatic rings. The molecule has 19 heavy (non-hydrogen) atoms. The van der Waals surface area contributed by atoms with E-state index in [0.29, 0.717) is 16.5 Å². The molecule has 1 fully saturated rings. The maximum atomic E-state index is 6.09. The molecule has 106 valence electrons. The molecule has 1 saturated heterocycles. The van der Waals surface area contributed by atoms with Gasteiger partial charge in [-0.3, -0.25) is 0 Å². The highest BCUT2D eigenvalue weighted by atomic mass is 79.9. The summed E-state index contributed by atoms with van der Waals surface area (Å²) in [6.07, 6.45) is 0.761. The number of nitrogen functional groups attached to an aromatic ring is 1. The van der Waals surface area contributed by atoms with Crippen molar-refractivity contribution in [3.63, 3.8) is 0 Å². The first-order chi connectivity index (χ1) is 8.61. The topological polar surface area (TPSA) is 44.5 Å². The van der Waals surface area contributed by atoms with E-state index in [1.54, 1.807) is 12.1 Å². The van der Waals surface area contributed by atoms with Crippen LogP contribution in [0.5, 0.6) is 5.75 Å². The summed E-state index contributed by atoms with van der Waals surface area (Å²) in [7, 11) is 0. The number of rotatable bonds is 2. The van der Waals surface area contributed by atoms with E-state index < -0.39 is 0 Å². The molecular weight excluding hydrogens is 330 g/mol. The minimum absolute atomic E-state index is 0.0534. The smallest absolute Gasteiger partial charge is 0.157 e. The molecule has 0 aromatic heterocycles. The summed E-state index contributed by atoms with van der Waals surface area (Å²) in [4.78, 5) is 0. The molecule has 2 rings (SSSR count). The van der Waals surface area contributed by atoms with Gasteiger partial charge >= 0.3 is 0 Å². The number of nitrogens with two attached hydrogens (primary N) is 1. The monoisotopic (exact) mass is 347 g/mol. The van der Waals surface area contributed by atoms with Crippen molar-refractivity contribution in [2.45, 2.75) is 51.4 Å². The Morgan fingerprint density at radius 1 is 1.37 bits per heavy atom. The van der Waals surface area contributed by atoms with Crippen LogP contribution < -0.4 is 10.5 Å². The molecule has 3 nitrogen and oxygen atoms in total. The first-order valence-corrected chi connectivity index (χ1v) is 7.39. The molecular formula is C14H19BrClNO2. The van der Waals surface area contributed by atoms with E-state index in [2.05, 4.69) is 29.8 Å². The van der Waals surface area contributed by atoms with Gasteiger partial charge in [0.1, 0.15) is 11.7 Å². The standard InChI is InChI=1S/C14H19BrClNO2/c1-13(2)7-11(14(3,4)19-13)18-12-9(15)5-8(16)6-10(12)17/h5-6,11H,7,17H2,1-4H3. The third-order valence-corrected chi connectivity index (χ3v) is 4.10. The van der Waals surface area contributed by atoms with Crippen LogP contribution in [0.4, 0.5) is 5.69 Å². The molecule has 0 aliphatic carbocycles. The second-order valence-corrected chi connectivity index (χ2v) is 7.37. The van der Waals surface area contributed by atoms with Gasteiger partial charge in [0.25, 0.3) is 0 Å². The lowest BCUT2D eigenvalue weighted by atomic mass is 9.97. The number of hydrogen-bond acceptors (Lipinski definition) is 3. The van der Waals surface area contributed by atoms with Crippen molar-refractivity contribution < 1.29 is 9.47 Å². The van der Waals surface area contributed by atoms with Gasteiger partial charge in [-0.15, -0.1) is 0 Å². The molecule has 0 bridgehead atoms. The fourth-order valence-electron chi connectivity index (χ4n) is 2.54. The highest BCUT2D eigenvalue weighted by molar-refractivity contribution is 9.10. The second kappa shape index (κ2) is 4.83. The van der Waals surface area contributed by atoms with E-state index in [1.165, 1.54) is 0 Å². The lowest BCUT2D eigenvalue weighted by Crippen LogP contribution is -2.37. The van der Waals surface area contributed by atoms with Crippen LogP contribution in [0, 0.1) is 0 Å². The van der Waals surface area contributed by atoms with E-state index in [4.69, 9.17) is 26.8 Å². The Hall–Kier alpha value is -0.450. The Kier molecular flexibility index (Phi) is 3.80. The second-order valence-electron chi connectivity index (χ2n) is 6.08.